The molecular formula is C22H34. The molecule has 1 unspecified atom stereocenters. The summed E-state index contributed by atoms with van der Waals surface area (Å²) in [7, 11) is 0. The molecule has 0 aliphatic rings. The summed E-state index contributed by atoms with van der Waals surface area (Å²) < 4.78 is 0. The van der Waals surface area contributed by atoms with E-state index < -0.39 is 0 Å². The van der Waals surface area contributed by atoms with E-state index in [4.69, 9.17) is 0 Å². The van der Waals surface area contributed by atoms with Crippen LogP contribution in [0.4, 0.5) is 0 Å². The zero-order valence-corrected chi connectivity index (χ0v) is 15.8. The Hall–Kier alpha value is -1.30. The average Bonchev–Trinajstić information content (AvgIpc) is 2.46. The quantitative estimate of drug-likeness (QED) is 0.555. The molecule has 0 saturated carbocycles. The van der Waals surface area contributed by atoms with Gasteiger partial charge in [-0.25, -0.2) is 0 Å². The molecule has 0 heterocycles. The summed E-state index contributed by atoms with van der Waals surface area (Å²) in [5, 5.41) is 2.85. The van der Waals surface area contributed by atoms with Gasteiger partial charge in [0.1, 0.15) is 0 Å². The Kier molecular flexibility index (Phi) is 6.66. The molecule has 0 aliphatic carbocycles. The van der Waals surface area contributed by atoms with Gasteiger partial charge in [-0.3, -0.25) is 0 Å². The van der Waals surface area contributed by atoms with E-state index in [1.54, 1.807) is 0 Å². The van der Waals surface area contributed by atoms with Gasteiger partial charge in [0.25, 0.3) is 0 Å². The lowest BCUT2D eigenvalue weighted by Gasteiger charge is -2.30. The lowest BCUT2D eigenvalue weighted by Crippen LogP contribution is -2.16. The minimum absolute atomic E-state index is 0.362. The van der Waals surface area contributed by atoms with Crippen molar-refractivity contribution in [3.63, 3.8) is 0 Å². The molecule has 2 rings (SSSR count). The minimum atomic E-state index is 0.362. The van der Waals surface area contributed by atoms with Gasteiger partial charge in [0.2, 0.25) is 0 Å². The summed E-state index contributed by atoms with van der Waals surface area (Å²) in [4.78, 5) is 0. The van der Waals surface area contributed by atoms with Gasteiger partial charge in [-0.15, -0.1) is 0 Å². The highest BCUT2D eigenvalue weighted by Gasteiger charge is 2.24. The molecule has 2 aromatic carbocycles. The van der Waals surface area contributed by atoms with Crippen LogP contribution in [0.25, 0.3) is 10.8 Å². The van der Waals surface area contributed by atoms with Gasteiger partial charge in [-0.2, -0.15) is 0 Å². The Bertz CT molecular complexity index is 585. The Balaban J connectivity index is 0.00000116. The van der Waals surface area contributed by atoms with Crippen molar-refractivity contribution in [2.45, 2.75) is 67.7 Å². The maximum Gasteiger partial charge on any atom is -0.0128 e. The first-order chi connectivity index (χ1) is 10.3. The van der Waals surface area contributed by atoms with Gasteiger partial charge in [-0.1, -0.05) is 84.9 Å². The molecule has 0 bridgehead atoms. The molecule has 0 radical (unpaired) electrons. The fraction of sp³-hybridized carbons (Fsp3) is 0.545. The second-order valence-corrected chi connectivity index (χ2v) is 7.63. The highest BCUT2D eigenvalue weighted by atomic mass is 14.3. The third kappa shape index (κ3) is 4.60. The Morgan fingerprint density at radius 3 is 1.95 bits per heavy atom. The number of rotatable bonds is 3. The summed E-state index contributed by atoms with van der Waals surface area (Å²) in [6.07, 6.45) is 1.23. The molecule has 0 fully saturated rings. The summed E-state index contributed by atoms with van der Waals surface area (Å²) in [6.45, 7) is 18.0. The number of benzene rings is 2. The fourth-order valence-corrected chi connectivity index (χ4v) is 3.18. The smallest absolute Gasteiger partial charge is 0.0128 e. The lowest BCUT2D eigenvalue weighted by atomic mass is 9.75. The molecule has 2 aromatic rings. The van der Waals surface area contributed by atoms with E-state index >= 15 is 0 Å². The predicted molar refractivity (Wildman–Crippen MR) is 102 cm³/mol. The Morgan fingerprint density at radius 2 is 1.41 bits per heavy atom. The van der Waals surface area contributed by atoms with Crippen molar-refractivity contribution < 1.29 is 0 Å². The van der Waals surface area contributed by atoms with E-state index in [2.05, 4.69) is 77.9 Å². The Morgan fingerprint density at radius 1 is 0.864 bits per heavy atom. The van der Waals surface area contributed by atoms with Gasteiger partial charge >= 0.3 is 0 Å². The summed E-state index contributed by atoms with van der Waals surface area (Å²) in [5.74, 6) is 1.29. The monoisotopic (exact) mass is 298 g/mol. The molecule has 0 heteroatoms. The summed E-state index contributed by atoms with van der Waals surface area (Å²) in [5.41, 5.74) is 3.26. The molecule has 0 aromatic heterocycles. The molecule has 0 spiro atoms. The van der Waals surface area contributed by atoms with Gasteiger partial charge in [0, 0.05) is 0 Å². The molecule has 0 saturated heterocycles. The van der Waals surface area contributed by atoms with Crippen LogP contribution in [0, 0.1) is 18.3 Å². The van der Waals surface area contributed by atoms with Gasteiger partial charge in [0.15, 0.2) is 0 Å². The second-order valence-electron chi connectivity index (χ2n) is 7.63. The third-order valence-corrected chi connectivity index (χ3v) is 4.21. The van der Waals surface area contributed by atoms with Crippen molar-refractivity contribution in [1.82, 2.24) is 0 Å². The summed E-state index contributed by atoms with van der Waals surface area (Å²) >= 11 is 0. The molecule has 0 nitrogen and oxygen atoms in total. The van der Waals surface area contributed by atoms with Crippen molar-refractivity contribution in [3.05, 3.63) is 47.5 Å². The van der Waals surface area contributed by atoms with Crippen LogP contribution in [0.15, 0.2) is 36.4 Å². The van der Waals surface area contributed by atoms with E-state index in [0.717, 1.165) is 0 Å². The zero-order valence-electron chi connectivity index (χ0n) is 15.8. The van der Waals surface area contributed by atoms with Crippen LogP contribution in [0.3, 0.4) is 0 Å². The average molecular weight is 299 g/mol. The van der Waals surface area contributed by atoms with Crippen LogP contribution >= 0.6 is 0 Å². The van der Waals surface area contributed by atoms with Crippen LogP contribution in [0.1, 0.15) is 71.9 Å². The molecule has 1 atom stereocenters. The molecular weight excluding hydrogens is 264 g/mol. The van der Waals surface area contributed by atoms with E-state index in [0.29, 0.717) is 17.3 Å². The van der Waals surface area contributed by atoms with Crippen LogP contribution in [-0.4, -0.2) is 0 Å². The fourth-order valence-electron chi connectivity index (χ4n) is 3.18. The van der Waals surface area contributed by atoms with Gasteiger partial charge in [-0.05, 0) is 52.5 Å². The SMILES string of the molecule is CC.Cc1cccc2c(C(CC(C)(C)C)C(C)C)cccc12. The van der Waals surface area contributed by atoms with Gasteiger partial charge in [0.05, 0.1) is 0 Å². The molecule has 22 heavy (non-hydrogen) atoms. The maximum absolute atomic E-state index is 2.35. The van der Waals surface area contributed by atoms with E-state index in [-0.39, 0.29) is 0 Å². The molecule has 122 valence electrons. The minimum Gasteiger partial charge on any atom is -0.0683 e. The first-order valence-corrected chi connectivity index (χ1v) is 8.78. The standard InChI is InChI=1S/C20H28.C2H6/c1-14(2)19(13-20(4,5)6)18-12-8-10-16-15(3)9-7-11-17(16)18;1-2/h7-12,14,19H,13H2,1-6H3;1-2H3. The molecule has 0 aliphatic heterocycles. The summed E-state index contributed by atoms with van der Waals surface area (Å²) in [6, 6.07) is 13.5. The Labute approximate surface area is 137 Å². The van der Waals surface area contributed by atoms with Crippen LogP contribution in [0.5, 0.6) is 0 Å². The van der Waals surface area contributed by atoms with Crippen LogP contribution in [-0.2, 0) is 0 Å². The van der Waals surface area contributed by atoms with E-state index in [1.165, 1.54) is 28.3 Å². The van der Waals surface area contributed by atoms with Crippen molar-refractivity contribution >= 4 is 10.8 Å². The number of hydrogen-bond donors (Lipinski definition) is 0. The topological polar surface area (TPSA) is 0 Å². The number of fused-ring (bicyclic) bond motifs is 1. The largest absolute Gasteiger partial charge is 0.0683 e. The van der Waals surface area contributed by atoms with Crippen molar-refractivity contribution in [2.24, 2.45) is 11.3 Å². The predicted octanol–water partition coefficient (Wildman–Crippen LogP) is 7.35. The number of aryl methyl sites for hydroxylation is 1. The van der Waals surface area contributed by atoms with E-state index in [9.17, 15) is 0 Å². The van der Waals surface area contributed by atoms with Crippen LogP contribution in [0.2, 0.25) is 0 Å². The van der Waals surface area contributed by atoms with Crippen molar-refractivity contribution in [1.29, 1.82) is 0 Å². The second kappa shape index (κ2) is 7.81. The highest BCUT2D eigenvalue weighted by molar-refractivity contribution is 5.88. The van der Waals surface area contributed by atoms with Crippen molar-refractivity contribution in [3.8, 4) is 0 Å². The molecule has 0 N–H and O–H groups in total. The number of hydrogen-bond acceptors (Lipinski definition) is 0. The first kappa shape index (κ1) is 18.7. The first-order valence-electron chi connectivity index (χ1n) is 8.78. The maximum atomic E-state index is 2.35. The third-order valence-electron chi connectivity index (χ3n) is 4.21. The van der Waals surface area contributed by atoms with Gasteiger partial charge < -0.3 is 0 Å². The van der Waals surface area contributed by atoms with Crippen LogP contribution < -0.4 is 0 Å². The lowest BCUT2D eigenvalue weighted by molar-refractivity contribution is 0.302. The molecule has 0 amide bonds. The zero-order chi connectivity index (χ0) is 16.9. The highest BCUT2D eigenvalue weighted by Crippen LogP contribution is 2.39. The van der Waals surface area contributed by atoms with Crippen molar-refractivity contribution in [2.75, 3.05) is 0 Å². The van der Waals surface area contributed by atoms with E-state index in [1.807, 2.05) is 13.8 Å². The normalized spacial score (nSPS) is 13.0.